The Morgan fingerprint density at radius 2 is 2.11 bits per heavy atom. The van der Waals surface area contributed by atoms with Crippen LogP contribution in [0.5, 0.6) is 0 Å². The molecule has 0 amide bonds. The lowest BCUT2D eigenvalue weighted by molar-refractivity contribution is 0.627. The van der Waals surface area contributed by atoms with Gasteiger partial charge in [0.25, 0.3) is 0 Å². The molecule has 2 heterocycles. The van der Waals surface area contributed by atoms with Gasteiger partial charge in [0.2, 0.25) is 5.95 Å². The van der Waals surface area contributed by atoms with E-state index in [4.69, 9.17) is 17.3 Å². The first-order valence-electron chi connectivity index (χ1n) is 5.62. The van der Waals surface area contributed by atoms with Gasteiger partial charge in [-0.1, -0.05) is 11.6 Å². The molecule has 0 aliphatic carbocycles. The molecule has 5 nitrogen and oxygen atoms in total. The molecule has 7 heteroatoms. The molecule has 19 heavy (non-hydrogen) atoms. The quantitative estimate of drug-likeness (QED) is 0.744. The Hall–Kier alpha value is -2.08. The molecule has 0 spiro atoms. The molecular weight excluding hydrogens is 269 g/mol. The Labute approximate surface area is 113 Å². The summed E-state index contributed by atoms with van der Waals surface area (Å²) in [5.41, 5.74) is 8.67. The smallest absolute Gasteiger partial charge is 0.207 e. The van der Waals surface area contributed by atoms with E-state index in [9.17, 15) is 4.39 Å². The van der Waals surface area contributed by atoms with Crippen LogP contribution in [0.2, 0.25) is 5.02 Å². The van der Waals surface area contributed by atoms with Gasteiger partial charge in [-0.05, 0) is 25.1 Å². The molecule has 3 aromatic rings. The molecule has 0 unspecified atom stereocenters. The van der Waals surface area contributed by atoms with E-state index in [1.54, 1.807) is 22.4 Å². The summed E-state index contributed by atoms with van der Waals surface area (Å²) in [6.07, 6.45) is 0. The number of benzene rings is 1. The van der Waals surface area contributed by atoms with Crippen LogP contribution in [0.1, 0.15) is 5.69 Å². The van der Waals surface area contributed by atoms with Gasteiger partial charge in [0.1, 0.15) is 11.3 Å². The third-order valence-electron chi connectivity index (χ3n) is 2.99. The summed E-state index contributed by atoms with van der Waals surface area (Å²) < 4.78 is 16.9. The third-order valence-corrected chi connectivity index (χ3v) is 3.30. The van der Waals surface area contributed by atoms with Crippen LogP contribution in [-0.4, -0.2) is 19.3 Å². The lowest BCUT2D eigenvalue weighted by Crippen LogP contribution is -2.05. The van der Waals surface area contributed by atoms with Gasteiger partial charge in [0.05, 0.1) is 16.4 Å². The molecule has 0 fully saturated rings. The number of rotatable bonds is 1. The van der Waals surface area contributed by atoms with Gasteiger partial charge in [-0.2, -0.15) is 5.10 Å². The van der Waals surface area contributed by atoms with Crippen molar-refractivity contribution in [1.82, 2.24) is 19.3 Å². The van der Waals surface area contributed by atoms with Crippen molar-refractivity contribution in [1.29, 1.82) is 0 Å². The fourth-order valence-corrected chi connectivity index (χ4v) is 2.29. The Kier molecular flexibility index (Phi) is 2.50. The first-order valence-corrected chi connectivity index (χ1v) is 6.00. The standard InChI is InChI=1S/C12H11ClFN5/c1-6-10-11(18(2)17-6)19(12(15)16-10)7-3-4-8(13)9(14)5-7/h3-5H,1-2H3,(H2,15,16). The summed E-state index contributed by atoms with van der Waals surface area (Å²) in [6, 6.07) is 4.49. The topological polar surface area (TPSA) is 61.7 Å². The number of halogens is 2. The van der Waals surface area contributed by atoms with E-state index in [0.29, 0.717) is 11.2 Å². The van der Waals surface area contributed by atoms with Crippen LogP contribution in [0.15, 0.2) is 18.2 Å². The van der Waals surface area contributed by atoms with Crippen LogP contribution in [0, 0.1) is 12.7 Å². The molecule has 2 N–H and O–H groups in total. The molecule has 98 valence electrons. The lowest BCUT2D eigenvalue weighted by atomic mass is 10.3. The van der Waals surface area contributed by atoms with Crippen LogP contribution in [-0.2, 0) is 7.05 Å². The minimum atomic E-state index is -0.501. The number of hydrogen-bond acceptors (Lipinski definition) is 3. The maximum absolute atomic E-state index is 13.6. The summed E-state index contributed by atoms with van der Waals surface area (Å²) in [7, 11) is 1.79. The number of fused-ring (bicyclic) bond motifs is 1. The zero-order valence-corrected chi connectivity index (χ0v) is 11.1. The predicted molar refractivity (Wildman–Crippen MR) is 72.0 cm³/mol. The summed E-state index contributed by atoms with van der Waals surface area (Å²) in [6.45, 7) is 1.85. The molecule has 0 atom stereocenters. The molecule has 3 rings (SSSR count). The SMILES string of the molecule is Cc1nn(C)c2c1nc(N)n2-c1ccc(Cl)c(F)c1. The Balaban J connectivity index is 2.35. The van der Waals surface area contributed by atoms with Crippen molar-refractivity contribution in [2.75, 3.05) is 5.73 Å². The third kappa shape index (κ3) is 1.67. The molecule has 0 aliphatic rings. The normalized spacial score (nSPS) is 11.4. The van der Waals surface area contributed by atoms with Crippen molar-refractivity contribution < 1.29 is 4.39 Å². The maximum atomic E-state index is 13.6. The van der Waals surface area contributed by atoms with E-state index < -0.39 is 5.82 Å². The number of nitrogen functional groups attached to an aromatic ring is 1. The number of hydrogen-bond donors (Lipinski definition) is 1. The fourth-order valence-electron chi connectivity index (χ4n) is 2.17. The molecule has 0 saturated carbocycles. The highest BCUT2D eigenvalue weighted by Gasteiger charge is 2.17. The van der Waals surface area contributed by atoms with Crippen molar-refractivity contribution in [3.8, 4) is 5.69 Å². The van der Waals surface area contributed by atoms with Crippen molar-refractivity contribution in [2.45, 2.75) is 6.92 Å². The minimum absolute atomic E-state index is 0.0693. The van der Waals surface area contributed by atoms with Crippen LogP contribution in [0.3, 0.4) is 0 Å². The summed E-state index contributed by atoms with van der Waals surface area (Å²) in [5, 5.41) is 4.34. The molecule has 1 aromatic carbocycles. The fraction of sp³-hybridized carbons (Fsp3) is 0.167. The number of imidazole rings is 1. The van der Waals surface area contributed by atoms with Crippen molar-refractivity contribution in [3.05, 3.63) is 34.7 Å². The van der Waals surface area contributed by atoms with E-state index in [0.717, 1.165) is 11.3 Å². The molecular formula is C12H11ClFN5. The van der Waals surface area contributed by atoms with Gasteiger partial charge in [0, 0.05) is 7.05 Å². The summed E-state index contributed by atoms with van der Waals surface area (Å²) in [4.78, 5) is 4.26. The number of aryl methyl sites for hydroxylation is 2. The zero-order chi connectivity index (χ0) is 13.7. The Bertz CT molecular complexity index is 789. The van der Waals surface area contributed by atoms with Crippen molar-refractivity contribution in [3.63, 3.8) is 0 Å². The molecule has 2 aromatic heterocycles. The van der Waals surface area contributed by atoms with E-state index in [1.807, 2.05) is 6.92 Å². The van der Waals surface area contributed by atoms with Crippen molar-refractivity contribution >= 4 is 28.7 Å². The van der Waals surface area contributed by atoms with Crippen molar-refractivity contribution in [2.24, 2.45) is 7.05 Å². The maximum Gasteiger partial charge on any atom is 0.207 e. The molecule has 0 saturated heterocycles. The van der Waals surface area contributed by atoms with E-state index in [2.05, 4.69) is 10.1 Å². The Morgan fingerprint density at radius 3 is 2.79 bits per heavy atom. The van der Waals surface area contributed by atoms with Gasteiger partial charge in [0.15, 0.2) is 5.65 Å². The van der Waals surface area contributed by atoms with Crippen LogP contribution < -0.4 is 5.73 Å². The number of aromatic nitrogens is 4. The summed E-state index contributed by atoms with van der Waals surface area (Å²) in [5.74, 6) is -0.216. The summed E-state index contributed by atoms with van der Waals surface area (Å²) >= 11 is 5.69. The van der Waals surface area contributed by atoms with Gasteiger partial charge >= 0.3 is 0 Å². The van der Waals surface area contributed by atoms with E-state index in [1.165, 1.54) is 12.1 Å². The lowest BCUT2D eigenvalue weighted by Gasteiger charge is -2.07. The highest BCUT2D eigenvalue weighted by Crippen LogP contribution is 2.26. The second kappa shape index (κ2) is 3.96. The largest absolute Gasteiger partial charge is 0.369 e. The van der Waals surface area contributed by atoms with Gasteiger partial charge in [-0.15, -0.1) is 0 Å². The number of anilines is 1. The number of nitrogens with two attached hydrogens (primary N) is 1. The van der Waals surface area contributed by atoms with E-state index >= 15 is 0 Å². The highest BCUT2D eigenvalue weighted by molar-refractivity contribution is 6.30. The van der Waals surface area contributed by atoms with Gasteiger partial charge < -0.3 is 5.73 Å². The predicted octanol–water partition coefficient (Wildman–Crippen LogP) is 2.44. The first-order chi connectivity index (χ1) is 8.99. The van der Waals surface area contributed by atoms with E-state index in [-0.39, 0.29) is 11.0 Å². The number of nitrogens with zero attached hydrogens (tertiary/aromatic N) is 4. The monoisotopic (exact) mass is 279 g/mol. The molecule has 0 aliphatic heterocycles. The minimum Gasteiger partial charge on any atom is -0.369 e. The van der Waals surface area contributed by atoms with Gasteiger partial charge in [-0.3, -0.25) is 4.57 Å². The Morgan fingerprint density at radius 1 is 1.37 bits per heavy atom. The highest BCUT2D eigenvalue weighted by atomic mass is 35.5. The average molecular weight is 280 g/mol. The average Bonchev–Trinajstić information content (AvgIpc) is 2.82. The first kappa shape index (κ1) is 12.0. The van der Waals surface area contributed by atoms with Crippen LogP contribution >= 0.6 is 11.6 Å². The second-order valence-corrected chi connectivity index (χ2v) is 4.69. The molecule has 0 bridgehead atoms. The zero-order valence-electron chi connectivity index (χ0n) is 10.4. The molecule has 0 radical (unpaired) electrons. The van der Waals surface area contributed by atoms with Crippen LogP contribution in [0.25, 0.3) is 16.9 Å². The van der Waals surface area contributed by atoms with Crippen LogP contribution in [0.4, 0.5) is 10.3 Å². The van der Waals surface area contributed by atoms with Gasteiger partial charge in [-0.25, -0.2) is 14.1 Å². The second-order valence-electron chi connectivity index (χ2n) is 4.29.